The van der Waals surface area contributed by atoms with Crippen molar-refractivity contribution >= 4 is 16.1 Å². The van der Waals surface area contributed by atoms with Crippen molar-refractivity contribution in [2.45, 2.75) is 12.7 Å². The average Bonchev–Trinajstić information content (AvgIpc) is 2.22. The largest absolute Gasteiger partial charge is 0.752 e. The van der Waals surface area contributed by atoms with Crippen LogP contribution in [0, 0.1) is 0 Å². The Balaban J connectivity index is 2.24. The Bertz CT molecular complexity index is 190. The molecule has 0 atom stereocenters. The fourth-order valence-corrected chi connectivity index (χ4v) is 2.03. The number of allylic oxidation sites excluding steroid dienone is 1. The summed E-state index contributed by atoms with van der Waals surface area (Å²) < 4.78 is 20.4. The Morgan fingerprint density at radius 2 is 2.67 bits per heavy atom. The Morgan fingerprint density at radius 1 is 1.78 bits per heavy atom. The van der Waals surface area contributed by atoms with Gasteiger partial charge in [-0.15, -0.1) is 0 Å². The Labute approximate surface area is 54.7 Å². The second kappa shape index (κ2) is 1.70. The van der Waals surface area contributed by atoms with Crippen LogP contribution in [0.5, 0.6) is 0 Å². The minimum atomic E-state index is -2.13. The van der Waals surface area contributed by atoms with Crippen molar-refractivity contribution in [3.63, 3.8) is 0 Å². The standard InChI is InChI=1S/C4H5BO3Si/c6-9-7-4-2-1-3-5(4)8-9/h2H,1,3H2. The van der Waals surface area contributed by atoms with E-state index in [-0.39, 0.29) is 6.92 Å². The van der Waals surface area contributed by atoms with Gasteiger partial charge in [-0.2, -0.15) is 0 Å². The molecule has 0 spiro atoms. The molecule has 0 aromatic rings. The van der Waals surface area contributed by atoms with Crippen LogP contribution in [0.25, 0.3) is 0 Å². The van der Waals surface area contributed by atoms with Crippen molar-refractivity contribution in [2.24, 2.45) is 0 Å². The van der Waals surface area contributed by atoms with E-state index < -0.39 is 9.17 Å². The van der Waals surface area contributed by atoms with E-state index in [9.17, 15) is 4.46 Å². The highest BCUT2D eigenvalue weighted by molar-refractivity contribution is 6.69. The van der Waals surface area contributed by atoms with Gasteiger partial charge in [0.1, 0.15) is 0 Å². The lowest BCUT2D eigenvalue weighted by molar-refractivity contribution is 0.347. The summed E-state index contributed by atoms with van der Waals surface area (Å²) in [4.78, 5) is 0. The highest BCUT2D eigenvalue weighted by Crippen LogP contribution is 2.25. The van der Waals surface area contributed by atoms with Crippen LogP contribution >= 0.6 is 0 Å². The zero-order valence-corrected chi connectivity index (χ0v) is 5.79. The first-order valence-corrected chi connectivity index (χ1v) is 4.17. The van der Waals surface area contributed by atoms with Crippen LogP contribution in [0.1, 0.15) is 6.42 Å². The highest BCUT2D eigenvalue weighted by Gasteiger charge is 2.40. The first-order valence-electron chi connectivity index (χ1n) is 2.95. The van der Waals surface area contributed by atoms with Crippen LogP contribution in [0.4, 0.5) is 0 Å². The van der Waals surface area contributed by atoms with E-state index in [1.54, 1.807) is 0 Å². The smallest absolute Gasteiger partial charge is 0.563 e. The van der Waals surface area contributed by atoms with E-state index in [1.807, 2.05) is 6.08 Å². The Morgan fingerprint density at radius 3 is 3.44 bits per heavy atom. The summed E-state index contributed by atoms with van der Waals surface area (Å²) in [7, 11) is -2.13. The first-order chi connectivity index (χ1) is 4.36. The molecular weight excluding hydrogens is 135 g/mol. The molecule has 1 saturated heterocycles. The van der Waals surface area contributed by atoms with Crippen LogP contribution in [0.2, 0.25) is 6.32 Å². The maximum Gasteiger partial charge on any atom is 0.752 e. The normalized spacial score (nSPS) is 22.9. The van der Waals surface area contributed by atoms with E-state index >= 15 is 0 Å². The monoisotopic (exact) mass is 140 g/mol. The number of fused-ring (bicyclic) bond motifs is 1. The third-order valence-corrected chi connectivity index (χ3v) is 2.41. The molecule has 0 aromatic heterocycles. The molecule has 0 unspecified atom stereocenters. The second-order valence-electron chi connectivity index (χ2n) is 2.14. The molecule has 1 fully saturated rings. The average molecular weight is 140 g/mol. The van der Waals surface area contributed by atoms with Gasteiger partial charge in [0.2, 0.25) is 0 Å². The fraction of sp³-hybridized carbons (Fsp3) is 0.500. The van der Waals surface area contributed by atoms with Gasteiger partial charge in [-0.05, 0) is 12.7 Å². The fourth-order valence-electron chi connectivity index (χ4n) is 1.11. The summed E-state index contributed by atoms with van der Waals surface area (Å²) in [5.74, 6) is 0. The molecule has 5 heteroatoms. The quantitative estimate of drug-likeness (QED) is 0.453. The molecule has 9 heavy (non-hydrogen) atoms. The third kappa shape index (κ3) is 0.719. The van der Waals surface area contributed by atoms with Crippen LogP contribution in [-0.4, -0.2) is 16.1 Å². The molecule has 0 amide bonds. The third-order valence-electron chi connectivity index (χ3n) is 1.53. The van der Waals surface area contributed by atoms with Gasteiger partial charge in [-0.25, -0.2) is 0 Å². The predicted molar refractivity (Wildman–Crippen MR) is 31.9 cm³/mol. The highest BCUT2D eigenvalue weighted by atomic mass is 28.3. The topological polar surface area (TPSA) is 35.5 Å². The Hall–Kier alpha value is -0.578. The van der Waals surface area contributed by atoms with Crippen molar-refractivity contribution in [3.05, 3.63) is 11.7 Å². The summed E-state index contributed by atoms with van der Waals surface area (Å²) >= 11 is 0. The summed E-state index contributed by atoms with van der Waals surface area (Å²) in [5.41, 5.74) is 0.791. The SMILES string of the molecule is O=[Si]1OB2CCC=C2O1. The molecule has 0 bridgehead atoms. The molecule has 2 heterocycles. The van der Waals surface area contributed by atoms with Gasteiger partial charge < -0.3 is 8.77 Å². The molecule has 46 valence electrons. The first kappa shape index (κ1) is 5.23. The maximum absolute atomic E-state index is 10.6. The molecule has 0 aromatic carbocycles. The summed E-state index contributed by atoms with van der Waals surface area (Å²) in [6.07, 6.45) is 3.88. The zero-order valence-electron chi connectivity index (χ0n) is 4.79. The molecule has 0 N–H and O–H groups in total. The van der Waals surface area contributed by atoms with Crippen LogP contribution in [-0.2, 0) is 13.2 Å². The van der Waals surface area contributed by atoms with Crippen molar-refractivity contribution in [2.75, 3.05) is 0 Å². The van der Waals surface area contributed by atoms with Gasteiger partial charge in [-0.1, -0.05) is 6.08 Å². The van der Waals surface area contributed by atoms with Gasteiger partial charge in [0.15, 0.2) is 0 Å². The number of rotatable bonds is 0. The minimum absolute atomic E-state index is 0.0244. The predicted octanol–water partition coefficient (Wildman–Crippen LogP) is 0.267. The molecule has 0 saturated carbocycles. The zero-order chi connectivity index (χ0) is 6.27. The van der Waals surface area contributed by atoms with Gasteiger partial charge in [0.05, 0.1) is 5.66 Å². The van der Waals surface area contributed by atoms with E-state index in [2.05, 4.69) is 0 Å². The maximum atomic E-state index is 10.6. The number of hydrogen-bond donors (Lipinski definition) is 0. The van der Waals surface area contributed by atoms with Crippen molar-refractivity contribution < 1.29 is 13.2 Å². The van der Waals surface area contributed by atoms with Gasteiger partial charge in [0, 0.05) is 0 Å². The van der Waals surface area contributed by atoms with Crippen LogP contribution < -0.4 is 0 Å². The van der Waals surface area contributed by atoms with Gasteiger partial charge in [-0.3, -0.25) is 4.46 Å². The van der Waals surface area contributed by atoms with E-state index in [1.165, 1.54) is 0 Å². The summed E-state index contributed by atoms with van der Waals surface area (Å²) in [6.45, 7) is 0.0244. The molecular formula is C4H5BO3Si. The second-order valence-corrected chi connectivity index (χ2v) is 3.08. The van der Waals surface area contributed by atoms with Crippen LogP contribution in [0.3, 0.4) is 0 Å². The Kier molecular flexibility index (Phi) is 0.987. The van der Waals surface area contributed by atoms with Crippen molar-refractivity contribution in [1.82, 2.24) is 0 Å². The lowest BCUT2D eigenvalue weighted by Gasteiger charge is -1.91. The van der Waals surface area contributed by atoms with Gasteiger partial charge >= 0.3 is 16.1 Å². The molecule has 0 radical (unpaired) electrons. The molecule has 2 aliphatic heterocycles. The van der Waals surface area contributed by atoms with Crippen LogP contribution in [0.15, 0.2) is 11.7 Å². The van der Waals surface area contributed by atoms with Crippen molar-refractivity contribution in [3.8, 4) is 0 Å². The summed E-state index contributed by atoms with van der Waals surface area (Å²) in [6, 6.07) is 0. The van der Waals surface area contributed by atoms with E-state index in [0.717, 1.165) is 18.4 Å². The van der Waals surface area contributed by atoms with Gasteiger partial charge in [0.25, 0.3) is 0 Å². The minimum Gasteiger partial charge on any atom is -0.563 e. The summed E-state index contributed by atoms with van der Waals surface area (Å²) in [5, 5.41) is 0. The van der Waals surface area contributed by atoms with Crippen molar-refractivity contribution in [1.29, 1.82) is 0 Å². The molecule has 2 aliphatic rings. The number of hydrogen-bond acceptors (Lipinski definition) is 3. The van der Waals surface area contributed by atoms with E-state index in [4.69, 9.17) is 8.77 Å². The molecule has 0 aliphatic carbocycles. The molecule has 3 nitrogen and oxygen atoms in total. The lowest BCUT2D eigenvalue weighted by Crippen LogP contribution is -2.10. The lowest BCUT2D eigenvalue weighted by atomic mass is 9.67. The molecule has 2 rings (SSSR count). The van der Waals surface area contributed by atoms with E-state index in [0.29, 0.717) is 0 Å².